The fourth-order valence-electron chi connectivity index (χ4n) is 2.61. The van der Waals surface area contributed by atoms with Crippen LogP contribution in [0, 0.1) is 0 Å². The molecule has 0 saturated heterocycles. The average Bonchev–Trinajstić information content (AvgIpc) is 2.58. The number of ether oxygens (including phenoxy) is 1. The molecule has 138 valence electrons. The molecule has 0 unspecified atom stereocenters. The second kappa shape index (κ2) is 6.22. The van der Waals surface area contributed by atoms with Crippen molar-refractivity contribution in [3.05, 3.63) is 59.2 Å². The van der Waals surface area contributed by atoms with Crippen LogP contribution in [0.15, 0.2) is 42.5 Å². The maximum absolute atomic E-state index is 13.0. The quantitative estimate of drug-likeness (QED) is 0.673. The Labute approximate surface area is 143 Å². The van der Waals surface area contributed by atoms with Crippen molar-refractivity contribution in [2.45, 2.75) is 12.4 Å². The molecule has 1 amide bonds. The molecular formula is C17H11F6NO2. The van der Waals surface area contributed by atoms with Crippen LogP contribution in [-0.4, -0.2) is 19.1 Å². The van der Waals surface area contributed by atoms with E-state index in [4.69, 9.17) is 4.74 Å². The highest BCUT2D eigenvalue weighted by Gasteiger charge is 2.38. The Morgan fingerprint density at radius 2 is 1.50 bits per heavy atom. The first-order valence-corrected chi connectivity index (χ1v) is 7.40. The van der Waals surface area contributed by atoms with Crippen molar-refractivity contribution in [3.8, 4) is 5.75 Å². The van der Waals surface area contributed by atoms with Gasteiger partial charge in [0.25, 0.3) is 5.91 Å². The molecule has 0 fully saturated rings. The number of hydrogen-bond donors (Lipinski definition) is 0. The molecule has 2 aromatic rings. The van der Waals surface area contributed by atoms with Crippen molar-refractivity contribution >= 4 is 11.6 Å². The highest BCUT2D eigenvalue weighted by molar-refractivity contribution is 6.07. The van der Waals surface area contributed by atoms with E-state index in [1.165, 1.54) is 6.07 Å². The molecule has 26 heavy (non-hydrogen) atoms. The van der Waals surface area contributed by atoms with Crippen molar-refractivity contribution in [2.24, 2.45) is 0 Å². The first-order chi connectivity index (χ1) is 12.1. The average molecular weight is 375 g/mol. The molecule has 1 aliphatic rings. The molecule has 0 spiro atoms. The molecule has 0 saturated carbocycles. The van der Waals surface area contributed by atoms with Crippen LogP contribution < -0.4 is 9.64 Å². The Kier molecular flexibility index (Phi) is 4.33. The number of alkyl halides is 6. The van der Waals surface area contributed by atoms with Crippen LogP contribution in [0.25, 0.3) is 0 Å². The zero-order valence-electron chi connectivity index (χ0n) is 13.0. The number of anilines is 1. The number of fused-ring (bicyclic) bond motifs is 1. The third kappa shape index (κ3) is 3.47. The highest BCUT2D eigenvalue weighted by Crippen LogP contribution is 2.38. The van der Waals surface area contributed by atoms with Gasteiger partial charge in [-0.25, -0.2) is 0 Å². The normalized spacial score (nSPS) is 14.6. The minimum Gasteiger partial charge on any atom is -0.490 e. The number of carbonyl (C=O) groups excluding carboxylic acids is 1. The Bertz CT molecular complexity index is 812. The van der Waals surface area contributed by atoms with Gasteiger partial charge in [-0.15, -0.1) is 0 Å². The predicted octanol–water partition coefficient (Wildman–Crippen LogP) is 4.76. The van der Waals surface area contributed by atoms with Crippen LogP contribution >= 0.6 is 0 Å². The van der Waals surface area contributed by atoms with Crippen molar-refractivity contribution in [1.82, 2.24) is 0 Å². The smallest absolute Gasteiger partial charge is 0.416 e. The molecule has 2 aromatic carbocycles. The Morgan fingerprint density at radius 3 is 2.08 bits per heavy atom. The summed E-state index contributed by atoms with van der Waals surface area (Å²) in [5.74, 6) is -0.632. The number of amides is 1. The second-order valence-corrected chi connectivity index (χ2v) is 5.57. The van der Waals surface area contributed by atoms with Gasteiger partial charge >= 0.3 is 12.4 Å². The number of halogens is 6. The van der Waals surface area contributed by atoms with Gasteiger partial charge in [0.15, 0.2) is 0 Å². The van der Waals surface area contributed by atoms with Gasteiger partial charge in [-0.1, -0.05) is 12.1 Å². The van der Waals surface area contributed by atoms with Gasteiger partial charge in [0.2, 0.25) is 0 Å². The maximum atomic E-state index is 13.0. The zero-order valence-corrected chi connectivity index (χ0v) is 13.0. The van der Waals surface area contributed by atoms with Gasteiger partial charge in [0, 0.05) is 5.56 Å². The lowest BCUT2D eigenvalue weighted by Gasteiger charge is -2.29. The van der Waals surface area contributed by atoms with Crippen molar-refractivity contribution < 1.29 is 35.9 Å². The lowest BCUT2D eigenvalue weighted by atomic mass is 10.0. The van der Waals surface area contributed by atoms with Crippen LogP contribution in [0.1, 0.15) is 21.5 Å². The van der Waals surface area contributed by atoms with Crippen molar-refractivity contribution in [2.75, 3.05) is 18.1 Å². The molecule has 0 aliphatic carbocycles. The summed E-state index contributed by atoms with van der Waals surface area (Å²) in [6, 6.07) is 7.13. The number of nitrogens with zero attached hydrogens (tertiary/aromatic N) is 1. The predicted molar refractivity (Wildman–Crippen MR) is 80.1 cm³/mol. The summed E-state index contributed by atoms with van der Waals surface area (Å²) in [6.07, 6.45) is -10.0. The summed E-state index contributed by atoms with van der Waals surface area (Å²) >= 11 is 0. The van der Waals surface area contributed by atoms with Crippen LogP contribution in [-0.2, 0) is 12.4 Å². The van der Waals surface area contributed by atoms with Gasteiger partial charge in [-0.3, -0.25) is 4.79 Å². The molecule has 1 aliphatic heterocycles. The molecule has 0 bridgehead atoms. The van der Waals surface area contributed by atoms with Gasteiger partial charge in [-0.05, 0) is 30.3 Å². The Hall–Kier alpha value is -2.71. The number of rotatable bonds is 1. The summed E-state index contributed by atoms with van der Waals surface area (Å²) in [5, 5.41) is 0. The first kappa shape index (κ1) is 18.1. The fraction of sp³-hybridized carbons (Fsp3) is 0.235. The van der Waals surface area contributed by atoms with E-state index in [-0.39, 0.29) is 24.9 Å². The van der Waals surface area contributed by atoms with Crippen molar-refractivity contribution in [1.29, 1.82) is 0 Å². The second-order valence-electron chi connectivity index (χ2n) is 5.57. The van der Waals surface area contributed by atoms with Crippen molar-refractivity contribution in [3.63, 3.8) is 0 Å². The van der Waals surface area contributed by atoms with E-state index in [0.717, 1.165) is 4.90 Å². The van der Waals surface area contributed by atoms with E-state index in [1.807, 2.05) is 0 Å². The Balaban J connectivity index is 2.08. The van der Waals surface area contributed by atoms with E-state index < -0.39 is 35.0 Å². The molecule has 3 rings (SSSR count). The van der Waals surface area contributed by atoms with E-state index in [0.29, 0.717) is 17.9 Å². The first-order valence-electron chi connectivity index (χ1n) is 7.40. The summed E-state index contributed by atoms with van der Waals surface area (Å²) < 4.78 is 83.2. The van der Waals surface area contributed by atoms with Gasteiger partial charge < -0.3 is 9.64 Å². The molecule has 0 radical (unpaired) electrons. The van der Waals surface area contributed by atoms with Crippen LogP contribution in [0.5, 0.6) is 5.75 Å². The largest absolute Gasteiger partial charge is 0.490 e. The lowest BCUT2D eigenvalue weighted by molar-refractivity contribution is -0.143. The summed E-state index contributed by atoms with van der Waals surface area (Å²) in [7, 11) is 0. The fourth-order valence-corrected chi connectivity index (χ4v) is 2.61. The standard InChI is InChI=1S/C17H11F6NO2/c18-16(19,20)11-7-10(8-12(9-11)17(21,22)23)15(25)24-5-6-26-14-4-2-1-3-13(14)24/h1-4,7-9H,5-6H2. The van der Waals surface area contributed by atoms with Crippen LogP contribution in [0.3, 0.4) is 0 Å². The summed E-state index contributed by atoms with van der Waals surface area (Å²) in [4.78, 5) is 13.8. The van der Waals surface area contributed by atoms with Gasteiger partial charge in [0.1, 0.15) is 12.4 Å². The summed E-state index contributed by atoms with van der Waals surface area (Å²) in [5.41, 5.74) is -3.46. The minimum atomic E-state index is -5.01. The van der Waals surface area contributed by atoms with Crippen LogP contribution in [0.2, 0.25) is 0 Å². The molecule has 0 atom stereocenters. The number of benzene rings is 2. The summed E-state index contributed by atoms with van der Waals surface area (Å²) in [6.45, 7) is 0.0846. The van der Waals surface area contributed by atoms with E-state index in [2.05, 4.69) is 0 Å². The zero-order chi connectivity index (χ0) is 19.1. The lowest BCUT2D eigenvalue weighted by Crippen LogP contribution is -2.38. The third-order valence-corrected chi connectivity index (χ3v) is 3.81. The van der Waals surface area contributed by atoms with Crippen LogP contribution in [0.4, 0.5) is 32.0 Å². The van der Waals surface area contributed by atoms with E-state index >= 15 is 0 Å². The molecule has 0 aromatic heterocycles. The number of hydrogen-bond acceptors (Lipinski definition) is 2. The molecule has 0 N–H and O–H groups in total. The van der Waals surface area contributed by atoms with Gasteiger partial charge in [0.05, 0.1) is 23.4 Å². The molecular weight excluding hydrogens is 364 g/mol. The topological polar surface area (TPSA) is 29.5 Å². The molecule has 1 heterocycles. The SMILES string of the molecule is O=C(c1cc(C(F)(F)F)cc(C(F)(F)F)c1)N1CCOc2ccccc21. The minimum absolute atomic E-state index is 0.00738. The number of carbonyl (C=O) groups is 1. The monoisotopic (exact) mass is 375 g/mol. The molecule has 3 nitrogen and oxygen atoms in total. The van der Waals surface area contributed by atoms with E-state index in [9.17, 15) is 31.1 Å². The Morgan fingerprint density at radius 1 is 0.923 bits per heavy atom. The molecule has 9 heteroatoms. The van der Waals surface area contributed by atoms with Gasteiger partial charge in [-0.2, -0.15) is 26.3 Å². The van der Waals surface area contributed by atoms with E-state index in [1.54, 1.807) is 18.2 Å². The maximum Gasteiger partial charge on any atom is 0.416 e. The highest BCUT2D eigenvalue weighted by atomic mass is 19.4. The third-order valence-electron chi connectivity index (χ3n) is 3.81. The number of para-hydroxylation sites is 2.